The third kappa shape index (κ3) is 3.11. The second kappa shape index (κ2) is 6.64. The standard InChI is InChI=1S/C14H19BrFNO/c1-2-17-14(10-5-4-8-18-9-10)11-6-3-7-12(16)13(11)15/h3,6-7,10,14,17H,2,4-5,8-9H2,1H3. The minimum Gasteiger partial charge on any atom is -0.381 e. The monoisotopic (exact) mass is 315 g/mol. The van der Waals surface area contributed by atoms with Crippen LogP contribution in [0, 0.1) is 11.7 Å². The Morgan fingerprint density at radius 1 is 1.56 bits per heavy atom. The molecule has 0 aromatic heterocycles. The first-order chi connectivity index (χ1) is 8.74. The van der Waals surface area contributed by atoms with Crippen molar-refractivity contribution in [3.05, 3.63) is 34.1 Å². The summed E-state index contributed by atoms with van der Waals surface area (Å²) in [6.07, 6.45) is 2.21. The largest absolute Gasteiger partial charge is 0.381 e. The average molecular weight is 316 g/mol. The molecule has 0 amide bonds. The number of hydrogen-bond donors (Lipinski definition) is 1. The van der Waals surface area contributed by atoms with E-state index in [9.17, 15) is 4.39 Å². The Balaban J connectivity index is 2.25. The van der Waals surface area contributed by atoms with Crippen LogP contribution < -0.4 is 5.32 Å². The number of nitrogens with one attached hydrogen (secondary N) is 1. The summed E-state index contributed by atoms with van der Waals surface area (Å²) in [5, 5.41) is 3.46. The SMILES string of the molecule is CCNC(c1cccc(F)c1Br)C1CCCOC1. The fraction of sp³-hybridized carbons (Fsp3) is 0.571. The summed E-state index contributed by atoms with van der Waals surface area (Å²) in [6, 6.07) is 5.38. The molecule has 1 saturated heterocycles. The highest BCUT2D eigenvalue weighted by Gasteiger charge is 2.27. The summed E-state index contributed by atoms with van der Waals surface area (Å²) < 4.78 is 19.8. The first-order valence-electron chi connectivity index (χ1n) is 6.49. The van der Waals surface area contributed by atoms with E-state index in [4.69, 9.17) is 4.74 Å². The van der Waals surface area contributed by atoms with Gasteiger partial charge in [0.1, 0.15) is 5.82 Å². The molecule has 1 aliphatic heterocycles. The smallest absolute Gasteiger partial charge is 0.137 e. The lowest BCUT2D eigenvalue weighted by atomic mass is 9.88. The summed E-state index contributed by atoms with van der Waals surface area (Å²) in [5.74, 6) is 0.212. The summed E-state index contributed by atoms with van der Waals surface area (Å²) in [4.78, 5) is 0. The van der Waals surface area contributed by atoms with Gasteiger partial charge in [-0.15, -0.1) is 0 Å². The highest BCUT2D eigenvalue weighted by Crippen LogP contribution is 2.34. The summed E-state index contributed by atoms with van der Waals surface area (Å²) in [5.41, 5.74) is 0.993. The highest BCUT2D eigenvalue weighted by atomic mass is 79.9. The van der Waals surface area contributed by atoms with Crippen LogP contribution in [0.3, 0.4) is 0 Å². The van der Waals surface area contributed by atoms with Crippen molar-refractivity contribution in [2.45, 2.75) is 25.8 Å². The summed E-state index contributed by atoms with van der Waals surface area (Å²) in [6.45, 7) is 4.54. The average Bonchev–Trinajstić information content (AvgIpc) is 2.41. The maximum atomic E-state index is 13.6. The number of benzene rings is 1. The molecular weight excluding hydrogens is 297 g/mol. The molecule has 0 aliphatic carbocycles. The molecule has 0 radical (unpaired) electrons. The van der Waals surface area contributed by atoms with Crippen LogP contribution in [0.1, 0.15) is 31.4 Å². The van der Waals surface area contributed by atoms with Crippen LogP contribution in [0.4, 0.5) is 4.39 Å². The van der Waals surface area contributed by atoms with Gasteiger partial charge in [0.15, 0.2) is 0 Å². The maximum Gasteiger partial charge on any atom is 0.137 e. The Bertz CT molecular complexity index is 393. The van der Waals surface area contributed by atoms with Crippen LogP contribution in [0.15, 0.2) is 22.7 Å². The molecule has 4 heteroatoms. The molecule has 0 saturated carbocycles. The van der Waals surface area contributed by atoms with E-state index in [1.807, 2.05) is 6.07 Å². The first-order valence-corrected chi connectivity index (χ1v) is 7.28. The zero-order valence-corrected chi connectivity index (χ0v) is 12.2. The molecule has 1 fully saturated rings. The summed E-state index contributed by atoms with van der Waals surface area (Å²) >= 11 is 3.36. The van der Waals surface area contributed by atoms with Gasteiger partial charge in [-0.3, -0.25) is 0 Å². The molecule has 100 valence electrons. The lowest BCUT2D eigenvalue weighted by Gasteiger charge is -2.31. The van der Waals surface area contributed by atoms with Gasteiger partial charge in [-0.1, -0.05) is 19.1 Å². The molecule has 1 aromatic carbocycles. The van der Waals surface area contributed by atoms with Crippen molar-refractivity contribution in [3.8, 4) is 0 Å². The molecule has 1 heterocycles. The van der Waals surface area contributed by atoms with Crippen molar-refractivity contribution in [1.82, 2.24) is 5.32 Å². The quantitative estimate of drug-likeness (QED) is 0.915. The zero-order valence-electron chi connectivity index (χ0n) is 10.6. The Morgan fingerprint density at radius 2 is 2.39 bits per heavy atom. The van der Waals surface area contributed by atoms with E-state index in [1.165, 1.54) is 6.07 Å². The van der Waals surface area contributed by atoms with Gasteiger partial charge in [-0.05, 0) is 46.9 Å². The van der Waals surface area contributed by atoms with Crippen molar-refractivity contribution >= 4 is 15.9 Å². The molecule has 0 bridgehead atoms. The fourth-order valence-corrected chi connectivity index (χ4v) is 3.05. The van der Waals surface area contributed by atoms with Crippen LogP contribution >= 0.6 is 15.9 Å². The van der Waals surface area contributed by atoms with E-state index in [1.54, 1.807) is 6.07 Å². The van der Waals surface area contributed by atoms with E-state index >= 15 is 0 Å². The van der Waals surface area contributed by atoms with Crippen molar-refractivity contribution in [2.24, 2.45) is 5.92 Å². The lowest BCUT2D eigenvalue weighted by molar-refractivity contribution is 0.0391. The molecule has 1 aliphatic rings. The fourth-order valence-electron chi connectivity index (χ4n) is 2.54. The van der Waals surface area contributed by atoms with E-state index in [0.717, 1.165) is 38.2 Å². The first kappa shape index (κ1) is 14.0. The van der Waals surface area contributed by atoms with E-state index in [2.05, 4.69) is 28.2 Å². The molecule has 1 N–H and O–H groups in total. The lowest BCUT2D eigenvalue weighted by Crippen LogP contribution is -2.33. The van der Waals surface area contributed by atoms with Crippen molar-refractivity contribution in [2.75, 3.05) is 19.8 Å². The molecule has 18 heavy (non-hydrogen) atoms. The molecule has 2 nitrogen and oxygen atoms in total. The molecule has 2 unspecified atom stereocenters. The second-order valence-electron chi connectivity index (χ2n) is 4.66. The van der Waals surface area contributed by atoms with E-state index < -0.39 is 0 Å². The van der Waals surface area contributed by atoms with Crippen LogP contribution in [-0.2, 0) is 4.74 Å². The van der Waals surface area contributed by atoms with Crippen LogP contribution in [0.25, 0.3) is 0 Å². The van der Waals surface area contributed by atoms with Crippen LogP contribution in [0.5, 0.6) is 0 Å². The Hall–Kier alpha value is -0.450. The molecule has 0 spiro atoms. The Morgan fingerprint density at radius 3 is 3.06 bits per heavy atom. The van der Waals surface area contributed by atoms with Crippen molar-refractivity contribution in [1.29, 1.82) is 0 Å². The van der Waals surface area contributed by atoms with E-state index in [0.29, 0.717) is 10.4 Å². The third-order valence-corrected chi connectivity index (χ3v) is 4.24. The molecular formula is C14H19BrFNO. The van der Waals surface area contributed by atoms with Crippen LogP contribution in [0.2, 0.25) is 0 Å². The van der Waals surface area contributed by atoms with Crippen LogP contribution in [-0.4, -0.2) is 19.8 Å². The van der Waals surface area contributed by atoms with Crippen molar-refractivity contribution in [3.63, 3.8) is 0 Å². The van der Waals surface area contributed by atoms with Gasteiger partial charge in [0.2, 0.25) is 0 Å². The summed E-state index contributed by atoms with van der Waals surface area (Å²) in [7, 11) is 0. The second-order valence-corrected chi connectivity index (χ2v) is 5.45. The minimum absolute atomic E-state index is 0.153. The van der Waals surface area contributed by atoms with Gasteiger partial charge in [0.25, 0.3) is 0 Å². The highest BCUT2D eigenvalue weighted by molar-refractivity contribution is 9.10. The van der Waals surface area contributed by atoms with Gasteiger partial charge in [0.05, 0.1) is 11.1 Å². The van der Waals surface area contributed by atoms with Gasteiger partial charge < -0.3 is 10.1 Å². The normalized spacial score (nSPS) is 21.8. The van der Waals surface area contributed by atoms with Crippen molar-refractivity contribution < 1.29 is 9.13 Å². The molecule has 2 rings (SSSR count). The topological polar surface area (TPSA) is 21.3 Å². The zero-order chi connectivity index (χ0) is 13.0. The predicted octanol–water partition coefficient (Wildman–Crippen LogP) is 3.67. The van der Waals surface area contributed by atoms with E-state index in [-0.39, 0.29) is 11.9 Å². The molecule has 1 aromatic rings. The predicted molar refractivity (Wildman–Crippen MR) is 74.1 cm³/mol. The number of halogens is 2. The van der Waals surface area contributed by atoms with Gasteiger partial charge >= 0.3 is 0 Å². The maximum absolute atomic E-state index is 13.6. The van der Waals surface area contributed by atoms with Gasteiger partial charge in [-0.2, -0.15) is 0 Å². The minimum atomic E-state index is -0.202. The number of hydrogen-bond acceptors (Lipinski definition) is 2. The Labute approximate surface area is 116 Å². The number of ether oxygens (including phenoxy) is 1. The van der Waals surface area contributed by atoms with Gasteiger partial charge in [-0.25, -0.2) is 4.39 Å². The third-order valence-electron chi connectivity index (χ3n) is 3.41. The molecule has 2 atom stereocenters. The van der Waals surface area contributed by atoms with Gasteiger partial charge in [0, 0.05) is 18.6 Å². The number of rotatable bonds is 4. The Kier molecular flexibility index (Phi) is 5.15.